The lowest BCUT2D eigenvalue weighted by Crippen LogP contribution is -2.58. The van der Waals surface area contributed by atoms with Crippen molar-refractivity contribution in [1.82, 2.24) is 20.0 Å². The van der Waals surface area contributed by atoms with E-state index >= 15 is 0 Å². The fourth-order valence-corrected chi connectivity index (χ4v) is 3.19. The van der Waals surface area contributed by atoms with Crippen LogP contribution in [0.1, 0.15) is 45.7 Å². The molecule has 1 atom stereocenters. The highest BCUT2D eigenvalue weighted by molar-refractivity contribution is 5.06. The van der Waals surface area contributed by atoms with Gasteiger partial charge in [-0.1, -0.05) is 6.92 Å². The van der Waals surface area contributed by atoms with E-state index in [9.17, 15) is 0 Å². The van der Waals surface area contributed by atoms with E-state index in [1.165, 1.54) is 38.0 Å². The number of likely N-dealkylation sites (tertiary alicyclic amines) is 1. The van der Waals surface area contributed by atoms with E-state index < -0.39 is 0 Å². The predicted octanol–water partition coefficient (Wildman–Crippen LogP) is 2.21. The van der Waals surface area contributed by atoms with Crippen LogP contribution in [-0.4, -0.2) is 45.9 Å². The first-order valence-corrected chi connectivity index (χ1v) is 8.01. The van der Waals surface area contributed by atoms with E-state index in [2.05, 4.69) is 42.2 Å². The zero-order chi connectivity index (χ0) is 14.6. The van der Waals surface area contributed by atoms with Crippen molar-refractivity contribution in [2.75, 3.05) is 19.6 Å². The summed E-state index contributed by atoms with van der Waals surface area (Å²) in [5.74, 6) is 0. The molecule has 0 aromatic carbocycles. The van der Waals surface area contributed by atoms with E-state index in [1.54, 1.807) is 0 Å². The first-order chi connectivity index (χ1) is 9.54. The maximum absolute atomic E-state index is 4.56. The fraction of sp³-hybridized carbons (Fsp3) is 0.812. The second-order valence-electron chi connectivity index (χ2n) is 6.54. The number of aryl methyl sites for hydroxylation is 1. The van der Waals surface area contributed by atoms with Gasteiger partial charge >= 0.3 is 0 Å². The summed E-state index contributed by atoms with van der Waals surface area (Å²) < 4.78 is 1.90. The number of nitrogens with one attached hydrogen (secondary N) is 1. The van der Waals surface area contributed by atoms with Gasteiger partial charge in [-0.2, -0.15) is 5.10 Å². The van der Waals surface area contributed by atoms with Gasteiger partial charge in [-0.15, -0.1) is 0 Å². The number of aromatic nitrogens is 2. The zero-order valence-corrected chi connectivity index (χ0v) is 13.5. The van der Waals surface area contributed by atoms with Crippen LogP contribution in [0.2, 0.25) is 0 Å². The van der Waals surface area contributed by atoms with Crippen molar-refractivity contribution in [3.63, 3.8) is 0 Å². The molecule has 0 bridgehead atoms. The van der Waals surface area contributed by atoms with Gasteiger partial charge in [-0.25, -0.2) is 0 Å². The summed E-state index contributed by atoms with van der Waals surface area (Å²) in [6.45, 7) is 10.5. The standard InChI is InChI=1S/C16H30N4/c1-5-9-17-15(13-14-8-12-19(4)18-14)16(2,3)20-10-6-7-11-20/h8,12,15,17H,5-7,9-11,13H2,1-4H3. The highest BCUT2D eigenvalue weighted by atomic mass is 15.3. The molecule has 0 spiro atoms. The Morgan fingerprint density at radius 2 is 2.05 bits per heavy atom. The van der Waals surface area contributed by atoms with E-state index in [4.69, 9.17) is 0 Å². The van der Waals surface area contributed by atoms with Gasteiger partial charge in [0.2, 0.25) is 0 Å². The average molecular weight is 278 g/mol. The van der Waals surface area contributed by atoms with Gasteiger partial charge in [0.25, 0.3) is 0 Å². The summed E-state index contributed by atoms with van der Waals surface area (Å²) in [5.41, 5.74) is 1.37. The van der Waals surface area contributed by atoms with Gasteiger partial charge in [0.05, 0.1) is 5.69 Å². The summed E-state index contributed by atoms with van der Waals surface area (Å²) in [6.07, 6.45) is 6.90. The molecule has 1 aromatic heterocycles. The SMILES string of the molecule is CCCNC(Cc1ccn(C)n1)C(C)(C)N1CCCC1. The minimum absolute atomic E-state index is 0.184. The van der Waals surface area contributed by atoms with Crippen molar-refractivity contribution in [2.24, 2.45) is 7.05 Å². The maximum Gasteiger partial charge on any atom is 0.0640 e. The topological polar surface area (TPSA) is 33.1 Å². The summed E-state index contributed by atoms with van der Waals surface area (Å²) in [5, 5.41) is 8.31. The van der Waals surface area contributed by atoms with Gasteiger partial charge in [0.1, 0.15) is 0 Å². The van der Waals surface area contributed by atoms with E-state index in [0.717, 1.165) is 13.0 Å². The number of hydrogen-bond acceptors (Lipinski definition) is 3. The summed E-state index contributed by atoms with van der Waals surface area (Å²) in [7, 11) is 1.99. The van der Waals surface area contributed by atoms with Crippen molar-refractivity contribution < 1.29 is 0 Å². The molecule has 1 aliphatic rings. The summed E-state index contributed by atoms with van der Waals surface area (Å²) >= 11 is 0. The Labute approximate surface area is 123 Å². The Morgan fingerprint density at radius 1 is 1.35 bits per heavy atom. The normalized spacial score (nSPS) is 18.6. The van der Waals surface area contributed by atoms with Crippen molar-refractivity contribution in [3.8, 4) is 0 Å². The van der Waals surface area contributed by atoms with Crippen molar-refractivity contribution >= 4 is 0 Å². The molecule has 114 valence electrons. The van der Waals surface area contributed by atoms with Crippen LogP contribution in [-0.2, 0) is 13.5 Å². The summed E-state index contributed by atoms with van der Waals surface area (Å²) in [6, 6.07) is 2.59. The van der Waals surface area contributed by atoms with E-state index in [-0.39, 0.29) is 5.54 Å². The molecule has 0 saturated carbocycles. The van der Waals surface area contributed by atoms with Gasteiger partial charge < -0.3 is 5.32 Å². The molecule has 0 radical (unpaired) electrons. The Bertz CT molecular complexity index is 404. The molecule has 2 rings (SSSR count). The molecule has 4 heteroatoms. The maximum atomic E-state index is 4.56. The Kier molecular flexibility index (Phi) is 5.22. The second kappa shape index (κ2) is 6.72. The van der Waals surface area contributed by atoms with Gasteiger partial charge in [0.15, 0.2) is 0 Å². The monoisotopic (exact) mass is 278 g/mol. The molecule has 1 unspecified atom stereocenters. The van der Waals surface area contributed by atoms with Crippen LogP contribution in [0, 0.1) is 0 Å². The lowest BCUT2D eigenvalue weighted by atomic mass is 9.89. The molecule has 1 aromatic rings. The molecule has 20 heavy (non-hydrogen) atoms. The molecule has 1 N–H and O–H groups in total. The van der Waals surface area contributed by atoms with Gasteiger partial charge in [0, 0.05) is 31.2 Å². The lowest BCUT2D eigenvalue weighted by Gasteiger charge is -2.42. The third-order valence-electron chi connectivity index (χ3n) is 4.60. The van der Waals surface area contributed by atoms with Crippen LogP contribution in [0.5, 0.6) is 0 Å². The van der Waals surface area contributed by atoms with E-state index in [1.807, 2.05) is 17.9 Å². The van der Waals surface area contributed by atoms with Crippen LogP contribution < -0.4 is 5.32 Å². The van der Waals surface area contributed by atoms with Gasteiger partial charge in [-0.3, -0.25) is 9.58 Å². The van der Waals surface area contributed by atoms with Crippen molar-refractivity contribution in [2.45, 2.75) is 58.0 Å². The molecule has 1 saturated heterocycles. The molecular weight excluding hydrogens is 248 g/mol. The minimum Gasteiger partial charge on any atom is -0.312 e. The average Bonchev–Trinajstić information content (AvgIpc) is 3.05. The minimum atomic E-state index is 0.184. The van der Waals surface area contributed by atoms with Crippen LogP contribution in [0.3, 0.4) is 0 Å². The summed E-state index contributed by atoms with van der Waals surface area (Å²) in [4.78, 5) is 2.64. The number of nitrogens with zero attached hydrogens (tertiary/aromatic N) is 3. The Morgan fingerprint density at radius 3 is 2.60 bits per heavy atom. The highest BCUT2D eigenvalue weighted by Crippen LogP contribution is 2.26. The molecule has 1 fully saturated rings. The molecular formula is C16H30N4. The first-order valence-electron chi connectivity index (χ1n) is 8.01. The van der Waals surface area contributed by atoms with Gasteiger partial charge in [-0.05, 0) is 58.8 Å². The van der Waals surface area contributed by atoms with E-state index in [0.29, 0.717) is 6.04 Å². The molecule has 1 aliphatic heterocycles. The quantitative estimate of drug-likeness (QED) is 0.830. The van der Waals surface area contributed by atoms with Crippen LogP contribution in [0.25, 0.3) is 0 Å². The Balaban J connectivity index is 2.08. The molecule has 2 heterocycles. The zero-order valence-electron chi connectivity index (χ0n) is 13.5. The fourth-order valence-electron chi connectivity index (χ4n) is 3.19. The predicted molar refractivity (Wildman–Crippen MR) is 83.9 cm³/mol. The van der Waals surface area contributed by atoms with Crippen LogP contribution >= 0.6 is 0 Å². The van der Waals surface area contributed by atoms with Crippen LogP contribution in [0.15, 0.2) is 12.3 Å². The van der Waals surface area contributed by atoms with Crippen molar-refractivity contribution in [1.29, 1.82) is 0 Å². The lowest BCUT2D eigenvalue weighted by molar-refractivity contribution is 0.106. The highest BCUT2D eigenvalue weighted by Gasteiger charge is 2.36. The second-order valence-corrected chi connectivity index (χ2v) is 6.54. The number of rotatable bonds is 7. The third kappa shape index (κ3) is 3.61. The Hall–Kier alpha value is -0.870. The van der Waals surface area contributed by atoms with Crippen molar-refractivity contribution in [3.05, 3.63) is 18.0 Å². The molecule has 0 amide bonds. The largest absolute Gasteiger partial charge is 0.312 e. The number of hydrogen-bond donors (Lipinski definition) is 1. The molecule has 0 aliphatic carbocycles. The third-order valence-corrected chi connectivity index (χ3v) is 4.60. The smallest absolute Gasteiger partial charge is 0.0640 e. The molecule has 4 nitrogen and oxygen atoms in total. The van der Waals surface area contributed by atoms with Crippen LogP contribution in [0.4, 0.5) is 0 Å². The first kappa shape index (κ1) is 15.5.